The van der Waals surface area contributed by atoms with Gasteiger partial charge in [-0.25, -0.2) is 0 Å². The summed E-state index contributed by atoms with van der Waals surface area (Å²) in [5.74, 6) is 0.364. The Morgan fingerprint density at radius 3 is 2.59 bits per heavy atom. The summed E-state index contributed by atoms with van der Waals surface area (Å²) in [4.78, 5) is 44.9. The molecule has 34 heavy (non-hydrogen) atoms. The molecule has 4 rings (SSSR count). The molecule has 0 unspecified atom stereocenters. The first-order chi connectivity index (χ1) is 16.6. The molecule has 2 aliphatic heterocycles. The van der Waals surface area contributed by atoms with Crippen LogP contribution in [0, 0.1) is 0 Å². The summed E-state index contributed by atoms with van der Waals surface area (Å²) >= 11 is 1.43. The van der Waals surface area contributed by atoms with E-state index >= 15 is 0 Å². The molecule has 180 valence electrons. The largest absolute Gasteiger partial charge is 0.355 e. The Balaban J connectivity index is 1.37. The molecule has 1 N–H and O–H groups in total. The molecular formula is C26H32N4O3S. The molecule has 2 aliphatic rings. The molecule has 0 bridgehead atoms. The lowest BCUT2D eigenvalue weighted by Crippen LogP contribution is -2.40. The summed E-state index contributed by atoms with van der Waals surface area (Å²) in [6.45, 7) is 6.32. The van der Waals surface area contributed by atoms with Gasteiger partial charge < -0.3 is 15.1 Å². The average molecular weight is 481 g/mol. The molecular weight excluding hydrogens is 448 g/mol. The lowest BCUT2D eigenvalue weighted by molar-refractivity contribution is -0.122. The van der Waals surface area contributed by atoms with E-state index < -0.39 is 0 Å². The fourth-order valence-corrected chi connectivity index (χ4v) is 5.46. The summed E-state index contributed by atoms with van der Waals surface area (Å²) in [6.07, 6.45) is 1.71. The van der Waals surface area contributed by atoms with Gasteiger partial charge in [-0.1, -0.05) is 30.3 Å². The van der Waals surface area contributed by atoms with Gasteiger partial charge in [0.05, 0.1) is 17.9 Å². The summed E-state index contributed by atoms with van der Waals surface area (Å²) in [7, 11) is 0. The highest BCUT2D eigenvalue weighted by Crippen LogP contribution is 2.30. The number of carbonyl (C=O) groups is 3. The second kappa shape index (κ2) is 11.5. The molecule has 2 heterocycles. The maximum atomic E-state index is 13.4. The average Bonchev–Trinajstić information content (AvgIpc) is 3.15. The van der Waals surface area contributed by atoms with Gasteiger partial charge in [-0.15, -0.1) is 11.8 Å². The Labute approximate surface area is 205 Å². The Kier molecular flexibility index (Phi) is 8.24. The van der Waals surface area contributed by atoms with Crippen molar-refractivity contribution in [3.63, 3.8) is 0 Å². The van der Waals surface area contributed by atoms with Gasteiger partial charge in [0.2, 0.25) is 11.8 Å². The van der Waals surface area contributed by atoms with Crippen molar-refractivity contribution < 1.29 is 14.4 Å². The lowest BCUT2D eigenvalue weighted by Gasteiger charge is -2.23. The molecule has 8 heteroatoms. The van der Waals surface area contributed by atoms with Crippen molar-refractivity contribution >= 4 is 35.2 Å². The third kappa shape index (κ3) is 5.80. The van der Waals surface area contributed by atoms with Gasteiger partial charge >= 0.3 is 0 Å². The number of para-hydroxylation sites is 1. The number of hydrogen-bond donors (Lipinski definition) is 1. The molecule has 0 spiro atoms. The van der Waals surface area contributed by atoms with Crippen molar-refractivity contribution in [2.24, 2.45) is 0 Å². The number of benzene rings is 2. The third-order valence-electron chi connectivity index (χ3n) is 6.27. The SMILES string of the molecule is CCNC(=O)CN1CCCN(C(=O)c2ccccc2SCC(=O)N2CCc3ccccc32)CC1. The number of anilines is 1. The van der Waals surface area contributed by atoms with Gasteiger partial charge in [0.1, 0.15) is 0 Å². The van der Waals surface area contributed by atoms with Crippen LogP contribution in [0.4, 0.5) is 5.69 Å². The Morgan fingerprint density at radius 2 is 1.74 bits per heavy atom. The predicted molar refractivity (Wildman–Crippen MR) is 135 cm³/mol. The summed E-state index contributed by atoms with van der Waals surface area (Å²) in [5, 5.41) is 2.83. The highest BCUT2D eigenvalue weighted by molar-refractivity contribution is 8.00. The van der Waals surface area contributed by atoms with Gasteiger partial charge in [-0.2, -0.15) is 0 Å². The maximum absolute atomic E-state index is 13.4. The van der Waals surface area contributed by atoms with Crippen molar-refractivity contribution in [1.82, 2.24) is 15.1 Å². The van der Waals surface area contributed by atoms with Gasteiger partial charge in [0.25, 0.3) is 5.91 Å². The number of carbonyl (C=O) groups excluding carboxylic acids is 3. The Hall–Kier alpha value is -2.84. The Bertz CT molecular complexity index is 1040. The molecule has 0 radical (unpaired) electrons. The van der Waals surface area contributed by atoms with Gasteiger partial charge in [-0.3, -0.25) is 19.3 Å². The quantitative estimate of drug-likeness (QED) is 0.617. The van der Waals surface area contributed by atoms with Crippen molar-refractivity contribution in [2.45, 2.75) is 24.7 Å². The zero-order valence-corrected chi connectivity index (χ0v) is 20.5. The van der Waals surface area contributed by atoms with Gasteiger partial charge in [-0.05, 0) is 43.5 Å². The third-order valence-corrected chi connectivity index (χ3v) is 7.33. The molecule has 1 saturated heterocycles. The number of likely N-dealkylation sites (N-methyl/N-ethyl adjacent to an activating group) is 1. The van der Waals surface area contributed by atoms with Crippen LogP contribution in [0.25, 0.3) is 0 Å². The van der Waals surface area contributed by atoms with Crippen LogP contribution in [0.1, 0.15) is 29.3 Å². The zero-order chi connectivity index (χ0) is 23.9. The molecule has 2 aromatic rings. The van der Waals surface area contributed by atoms with Crippen LogP contribution in [0.3, 0.4) is 0 Å². The van der Waals surface area contributed by atoms with Crippen molar-refractivity contribution in [2.75, 3.05) is 56.5 Å². The summed E-state index contributed by atoms with van der Waals surface area (Å²) in [5.41, 5.74) is 2.84. The highest BCUT2D eigenvalue weighted by Gasteiger charge is 2.26. The van der Waals surface area contributed by atoms with Crippen molar-refractivity contribution in [3.8, 4) is 0 Å². The summed E-state index contributed by atoms with van der Waals surface area (Å²) in [6, 6.07) is 15.6. The van der Waals surface area contributed by atoms with E-state index in [9.17, 15) is 14.4 Å². The van der Waals surface area contributed by atoms with Crippen LogP contribution >= 0.6 is 11.8 Å². The number of rotatable bonds is 7. The molecule has 0 saturated carbocycles. The predicted octanol–water partition coefficient (Wildman–Crippen LogP) is 2.65. The van der Waals surface area contributed by atoms with Crippen LogP contribution in [0.2, 0.25) is 0 Å². The first-order valence-electron chi connectivity index (χ1n) is 11.9. The maximum Gasteiger partial charge on any atom is 0.255 e. The second-order valence-electron chi connectivity index (χ2n) is 8.58. The van der Waals surface area contributed by atoms with E-state index in [1.54, 1.807) is 0 Å². The first kappa shape index (κ1) is 24.3. The molecule has 0 aromatic heterocycles. The molecule has 0 aliphatic carbocycles. The van der Waals surface area contributed by atoms with Crippen molar-refractivity contribution in [1.29, 1.82) is 0 Å². The number of thioether (sulfide) groups is 1. The first-order valence-corrected chi connectivity index (χ1v) is 12.9. The van der Waals surface area contributed by atoms with E-state index in [1.165, 1.54) is 17.3 Å². The van der Waals surface area contributed by atoms with Crippen molar-refractivity contribution in [3.05, 3.63) is 59.7 Å². The van der Waals surface area contributed by atoms with E-state index in [1.807, 2.05) is 59.2 Å². The molecule has 1 fully saturated rings. The Morgan fingerprint density at radius 1 is 0.941 bits per heavy atom. The minimum absolute atomic E-state index is 0.0121. The van der Waals surface area contributed by atoms with E-state index in [0.717, 1.165) is 30.0 Å². The van der Waals surface area contributed by atoms with Crippen LogP contribution in [0.15, 0.2) is 53.4 Å². The fourth-order valence-electron chi connectivity index (χ4n) is 4.54. The van der Waals surface area contributed by atoms with E-state index in [-0.39, 0.29) is 17.7 Å². The van der Waals surface area contributed by atoms with Crippen LogP contribution in [0.5, 0.6) is 0 Å². The number of amides is 3. The van der Waals surface area contributed by atoms with E-state index in [4.69, 9.17) is 0 Å². The second-order valence-corrected chi connectivity index (χ2v) is 9.60. The monoisotopic (exact) mass is 480 g/mol. The van der Waals surface area contributed by atoms with Gasteiger partial charge in [0, 0.05) is 49.9 Å². The van der Waals surface area contributed by atoms with Crippen LogP contribution in [-0.4, -0.2) is 79.1 Å². The molecule has 0 atom stereocenters. The topological polar surface area (TPSA) is 73.0 Å². The lowest BCUT2D eigenvalue weighted by atomic mass is 10.2. The fraction of sp³-hybridized carbons (Fsp3) is 0.423. The normalized spacial score (nSPS) is 16.1. The number of nitrogens with zero attached hydrogens (tertiary/aromatic N) is 3. The minimum Gasteiger partial charge on any atom is -0.355 e. The number of nitrogens with one attached hydrogen (secondary N) is 1. The van der Waals surface area contributed by atoms with Gasteiger partial charge in [0.15, 0.2) is 0 Å². The van der Waals surface area contributed by atoms with Crippen LogP contribution in [-0.2, 0) is 16.0 Å². The van der Waals surface area contributed by atoms with Crippen LogP contribution < -0.4 is 10.2 Å². The smallest absolute Gasteiger partial charge is 0.255 e. The standard InChI is InChI=1S/C26H32N4O3S/c1-2-27-24(31)18-28-13-7-14-29(17-16-28)26(33)21-9-4-6-11-23(21)34-19-25(32)30-15-12-20-8-3-5-10-22(20)30/h3-6,8-11H,2,7,12-19H2,1H3,(H,27,31). The number of fused-ring (bicyclic) bond motifs is 1. The van der Waals surface area contributed by atoms with E-state index in [2.05, 4.69) is 16.3 Å². The summed E-state index contributed by atoms with van der Waals surface area (Å²) < 4.78 is 0. The number of hydrogen-bond acceptors (Lipinski definition) is 5. The molecule has 2 aromatic carbocycles. The molecule has 7 nitrogen and oxygen atoms in total. The highest BCUT2D eigenvalue weighted by atomic mass is 32.2. The molecule has 3 amide bonds. The van der Waals surface area contributed by atoms with E-state index in [0.29, 0.717) is 50.6 Å². The zero-order valence-electron chi connectivity index (χ0n) is 19.7. The minimum atomic E-state index is -0.0121.